The Morgan fingerprint density at radius 1 is 1.26 bits per heavy atom. The summed E-state index contributed by atoms with van der Waals surface area (Å²) in [6.45, 7) is 9.48. The number of methoxy groups -OCH3 is 1. The number of nitro groups is 1. The van der Waals surface area contributed by atoms with Gasteiger partial charge in [0.25, 0.3) is 0 Å². The number of carbonyl (C=O) groups is 1. The van der Waals surface area contributed by atoms with Crippen molar-refractivity contribution >= 4 is 31.1 Å². The van der Waals surface area contributed by atoms with Crippen molar-refractivity contribution in [2.24, 2.45) is 28.6 Å². The van der Waals surface area contributed by atoms with Gasteiger partial charge in [0.15, 0.2) is 0 Å². The molecule has 0 unspecified atom stereocenters. The third-order valence-electron chi connectivity index (χ3n) is 9.18. The van der Waals surface area contributed by atoms with Gasteiger partial charge in [-0.25, -0.2) is 0 Å². The summed E-state index contributed by atoms with van der Waals surface area (Å²) in [7, 11) is 1.49. The molecule has 1 aromatic carbocycles. The maximum absolute atomic E-state index is 13.0. The number of esters is 1. The van der Waals surface area contributed by atoms with Crippen molar-refractivity contribution in [1.29, 1.82) is 0 Å². The second kappa shape index (κ2) is 9.55. The monoisotopic (exact) mass is 537 g/mol. The summed E-state index contributed by atoms with van der Waals surface area (Å²) in [4.78, 5) is 24.0. The van der Waals surface area contributed by atoms with Crippen LogP contribution in [-0.4, -0.2) is 44.7 Å². The first-order chi connectivity index (χ1) is 16.1. The molecule has 7 heteroatoms. The molecular weight excluding hydrogens is 497 g/mol. The summed E-state index contributed by atoms with van der Waals surface area (Å²) < 4.78 is 12.4. The van der Waals surface area contributed by atoms with Crippen LogP contribution in [0.5, 0.6) is 0 Å². The number of hydrogen-bond acceptors (Lipinski definition) is 5. The van der Waals surface area contributed by atoms with Crippen LogP contribution in [0.3, 0.4) is 0 Å². The Bertz CT molecular complexity index is 935. The fourth-order valence-electron chi connectivity index (χ4n) is 7.33. The topological polar surface area (TPSA) is 82.0 Å². The van der Waals surface area contributed by atoms with E-state index in [1.165, 1.54) is 20.0 Å². The van der Waals surface area contributed by atoms with E-state index < -0.39 is 5.60 Å². The number of nitro benzene ring substituents is 1. The summed E-state index contributed by atoms with van der Waals surface area (Å²) in [5, 5.41) is 12.3. The number of hydrogen-bond donors (Lipinski definition) is 0. The van der Waals surface area contributed by atoms with Crippen LogP contribution in [0.1, 0.15) is 72.6 Å². The Balaban J connectivity index is 1.42. The first-order valence-corrected chi connectivity index (χ1v) is 14.8. The molecule has 3 fully saturated rings. The minimum absolute atomic E-state index is 0.00216. The van der Waals surface area contributed by atoms with Gasteiger partial charge in [-0.05, 0) is 0 Å². The number of rotatable bonds is 9. The molecule has 0 spiro atoms. The molecule has 1 heterocycles. The zero-order valence-corrected chi connectivity index (χ0v) is 22.9. The fraction of sp³-hybridized carbons (Fsp3) is 0.741. The summed E-state index contributed by atoms with van der Waals surface area (Å²) in [6.07, 6.45) is 7.59. The Labute approximate surface area is 209 Å². The van der Waals surface area contributed by atoms with Crippen molar-refractivity contribution in [2.75, 3.05) is 7.11 Å². The molecule has 0 radical (unpaired) electrons. The van der Waals surface area contributed by atoms with E-state index in [1.54, 1.807) is 12.1 Å². The summed E-state index contributed by atoms with van der Waals surface area (Å²) in [6, 6.07) is 7.11. The van der Waals surface area contributed by atoms with Gasteiger partial charge < -0.3 is 0 Å². The standard InChI is InChI=1S/C27H39NO5Se/c1-18(13-16-34-20-10-7-6-9-19(20)28(30)31)11-12-21-26(4)15-8-14-25(2,3)22(26)17-23-27(21,33-23)24(29)32-5/h6-7,9-10,18,21-23H,8,11-17H2,1-5H3/t18-,21+,22-,23+,26+,27-/m0/s1. The van der Waals surface area contributed by atoms with Crippen LogP contribution < -0.4 is 4.46 Å². The first-order valence-electron chi connectivity index (χ1n) is 12.7. The molecular formula is C27H39NO5Se. The molecule has 0 bridgehead atoms. The number of epoxide rings is 1. The van der Waals surface area contributed by atoms with Crippen LogP contribution in [0.25, 0.3) is 0 Å². The summed E-state index contributed by atoms with van der Waals surface area (Å²) in [5.74, 6) is 1.05. The van der Waals surface area contributed by atoms with E-state index in [0.29, 0.717) is 11.8 Å². The zero-order valence-electron chi connectivity index (χ0n) is 21.2. The quantitative estimate of drug-likeness (QED) is 0.140. The molecule has 3 aliphatic rings. The van der Waals surface area contributed by atoms with Gasteiger partial charge in [-0.2, -0.15) is 0 Å². The van der Waals surface area contributed by atoms with Gasteiger partial charge in [-0.3, -0.25) is 0 Å². The van der Waals surface area contributed by atoms with E-state index in [9.17, 15) is 14.9 Å². The molecule has 6 nitrogen and oxygen atoms in total. The normalized spacial score (nSPS) is 34.4. The Kier molecular flexibility index (Phi) is 7.21. The number of nitrogens with zero attached hydrogens (tertiary/aromatic N) is 1. The van der Waals surface area contributed by atoms with Crippen molar-refractivity contribution in [3.05, 3.63) is 34.4 Å². The van der Waals surface area contributed by atoms with E-state index >= 15 is 0 Å². The SMILES string of the molecule is COC(=O)[C@@]12O[C@@H]1C[C@H]1C(C)(C)CCC[C@]1(C)[C@H]2CC[C@H](C)CC[Se]c1ccccc1[N+](=O)[O-]. The van der Waals surface area contributed by atoms with Crippen molar-refractivity contribution in [3.63, 3.8) is 0 Å². The molecule has 2 saturated carbocycles. The number of carbonyl (C=O) groups excluding carboxylic acids is 1. The average molecular weight is 537 g/mol. The molecule has 0 aromatic heterocycles. The fourth-order valence-corrected chi connectivity index (χ4v) is 9.86. The van der Waals surface area contributed by atoms with Gasteiger partial charge in [-0.1, -0.05) is 0 Å². The molecule has 2 aliphatic carbocycles. The van der Waals surface area contributed by atoms with Gasteiger partial charge in [0, 0.05) is 0 Å². The predicted octanol–water partition coefficient (Wildman–Crippen LogP) is 5.31. The van der Waals surface area contributed by atoms with Gasteiger partial charge >= 0.3 is 210 Å². The molecule has 0 amide bonds. The van der Waals surface area contributed by atoms with Gasteiger partial charge in [0.2, 0.25) is 0 Å². The molecule has 6 atom stereocenters. The van der Waals surface area contributed by atoms with Crippen LogP contribution in [0.2, 0.25) is 5.32 Å². The van der Waals surface area contributed by atoms with Gasteiger partial charge in [0.1, 0.15) is 0 Å². The molecule has 34 heavy (non-hydrogen) atoms. The Morgan fingerprint density at radius 2 is 2.00 bits per heavy atom. The zero-order chi connectivity index (χ0) is 24.7. The molecule has 4 rings (SSSR count). The van der Waals surface area contributed by atoms with Crippen LogP contribution in [0.15, 0.2) is 24.3 Å². The van der Waals surface area contributed by atoms with E-state index in [0.717, 1.165) is 41.9 Å². The second-order valence-electron chi connectivity index (χ2n) is 11.6. The third kappa shape index (κ3) is 4.44. The number of para-hydroxylation sites is 1. The van der Waals surface area contributed by atoms with E-state index in [-0.39, 0.29) is 54.4 Å². The third-order valence-corrected chi connectivity index (χ3v) is 11.5. The van der Waals surface area contributed by atoms with Crippen molar-refractivity contribution in [1.82, 2.24) is 0 Å². The van der Waals surface area contributed by atoms with Gasteiger partial charge in [0.05, 0.1) is 0 Å². The van der Waals surface area contributed by atoms with Crippen molar-refractivity contribution < 1.29 is 19.2 Å². The number of benzene rings is 1. The van der Waals surface area contributed by atoms with Crippen molar-refractivity contribution in [2.45, 2.75) is 89.7 Å². The number of ether oxygens (including phenoxy) is 2. The summed E-state index contributed by atoms with van der Waals surface area (Å²) >= 11 is 0.0885. The molecule has 1 aromatic rings. The Hall–Kier alpha value is -1.43. The van der Waals surface area contributed by atoms with Crippen LogP contribution in [-0.2, 0) is 14.3 Å². The summed E-state index contributed by atoms with van der Waals surface area (Å²) in [5.41, 5.74) is -0.162. The predicted molar refractivity (Wildman–Crippen MR) is 133 cm³/mol. The Morgan fingerprint density at radius 3 is 2.71 bits per heavy atom. The number of fused-ring (bicyclic) bond motifs is 2. The molecule has 1 saturated heterocycles. The van der Waals surface area contributed by atoms with Crippen LogP contribution >= 0.6 is 0 Å². The molecule has 0 N–H and O–H groups in total. The first kappa shape index (κ1) is 25.7. The molecule has 1 aliphatic heterocycles. The van der Waals surface area contributed by atoms with Gasteiger partial charge in [-0.15, -0.1) is 0 Å². The minimum atomic E-state index is -0.748. The molecule has 188 valence electrons. The van der Waals surface area contributed by atoms with E-state index in [4.69, 9.17) is 9.47 Å². The van der Waals surface area contributed by atoms with E-state index in [2.05, 4.69) is 27.7 Å². The second-order valence-corrected chi connectivity index (χ2v) is 14.0. The average Bonchev–Trinajstić information content (AvgIpc) is 3.52. The van der Waals surface area contributed by atoms with Crippen LogP contribution in [0.4, 0.5) is 5.69 Å². The van der Waals surface area contributed by atoms with E-state index in [1.807, 2.05) is 12.1 Å². The maximum atomic E-state index is 13.0. The van der Waals surface area contributed by atoms with Crippen LogP contribution in [0, 0.1) is 38.7 Å². The van der Waals surface area contributed by atoms with Crippen molar-refractivity contribution in [3.8, 4) is 0 Å².